The molecule has 0 fully saturated rings. The van der Waals surface area contributed by atoms with Crippen LogP contribution in [0.5, 0.6) is 0 Å². The highest BCUT2D eigenvalue weighted by Gasteiger charge is 2.13. The minimum absolute atomic E-state index is 0.0833. The van der Waals surface area contributed by atoms with E-state index in [4.69, 9.17) is 11.6 Å². The molecule has 0 saturated heterocycles. The molecule has 0 unspecified atom stereocenters. The van der Waals surface area contributed by atoms with Gasteiger partial charge >= 0.3 is 0 Å². The molecule has 1 aromatic carbocycles. The van der Waals surface area contributed by atoms with E-state index in [9.17, 15) is 13.2 Å². The monoisotopic (exact) mass is 404 g/mol. The van der Waals surface area contributed by atoms with Crippen LogP contribution in [0.3, 0.4) is 0 Å². The Labute approximate surface area is 154 Å². The zero-order valence-corrected chi connectivity index (χ0v) is 15.7. The van der Waals surface area contributed by atoms with E-state index in [1.807, 2.05) is 0 Å². The Morgan fingerprint density at radius 1 is 1.36 bits per heavy atom. The summed E-state index contributed by atoms with van der Waals surface area (Å²) in [6, 6.07) is 5.96. The molecule has 0 aliphatic heterocycles. The predicted octanol–water partition coefficient (Wildman–Crippen LogP) is 0.440. The van der Waals surface area contributed by atoms with E-state index in [1.54, 1.807) is 19.2 Å². The number of nitrogens with zero attached hydrogens (tertiary/aromatic N) is 4. The van der Waals surface area contributed by atoms with Gasteiger partial charge in [0, 0.05) is 37.3 Å². The van der Waals surface area contributed by atoms with E-state index in [1.165, 1.54) is 28.6 Å². The first-order valence-corrected chi connectivity index (χ1v) is 10.1. The molecule has 0 aliphatic carbocycles. The van der Waals surface area contributed by atoms with Gasteiger partial charge in [-0.05, 0) is 28.6 Å². The van der Waals surface area contributed by atoms with Crippen LogP contribution in [-0.4, -0.2) is 53.4 Å². The van der Waals surface area contributed by atoms with E-state index in [0.29, 0.717) is 15.9 Å². The minimum atomic E-state index is -3.65. The second kappa shape index (κ2) is 9.13. The third-order valence-electron chi connectivity index (χ3n) is 2.99. The van der Waals surface area contributed by atoms with Crippen molar-refractivity contribution in [2.75, 3.05) is 18.8 Å². The first-order valence-electron chi connectivity index (χ1n) is 7.25. The molecule has 0 atom stereocenters. The molecule has 0 radical (unpaired) electrons. The quantitative estimate of drug-likeness (QED) is 0.459. The number of halogens is 1. The second-order valence-electron chi connectivity index (χ2n) is 4.89. The van der Waals surface area contributed by atoms with Gasteiger partial charge in [-0.1, -0.05) is 29.4 Å². The number of aromatic nitrogens is 4. The van der Waals surface area contributed by atoms with Crippen LogP contribution in [0.2, 0.25) is 5.02 Å². The minimum Gasteiger partial charge on any atom is -0.355 e. The molecule has 0 aliphatic rings. The van der Waals surface area contributed by atoms with Gasteiger partial charge in [-0.3, -0.25) is 4.79 Å². The fraction of sp³-hybridized carbons (Fsp3) is 0.385. The molecule has 2 aromatic rings. The molecule has 1 amide bonds. The number of benzene rings is 1. The van der Waals surface area contributed by atoms with E-state index < -0.39 is 10.0 Å². The van der Waals surface area contributed by atoms with Crippen LogP contribution < -0.4 is 10.0 Å². The number of amides is 1. The number of hydrogen-bond acceptors (Lipinski definition) is 7. The van der Waals surface area contributed by atoms with Gasteiger partial charge in [0.25, 0.3) is 0 Å². The van der Waals surface area contributed by atoms with Crippen LogP contribution in [0.4, 0.5) is 0 Å². The van der Waals surface area contributed by atoms with Crippen LogP contribution in [0.1, 0.15) is 6.42 Å². The fourth-order valence-corrected chi connectivity index (χ4v) is 3.89. The van der Waals surface area contributed by atoms with Gasteiger partial charge in [-0.15, -0.1) is 5.10 Å². The van der Waals surface area contributed by atoms with Gasteiger partial charge in [-0.25, -0.2) is 17.8 Å². The van der Waals surface area contributed by atoms with Gasteiger partial charge in [0.1, 0.15) is 0 Å². The Morgan fingerprint density at radius 3 is 2.84 bits per heavy atom. The Morgan fingerprint density at radius 2 is 2.16 bits per heavy atom. The van der Waals surface area contributed by atoms with Crippen molar-refractivity contribution in [1.29, 1.82) is 0 Å². The summed E-state index contributed by atoms with van der Waals surface area (Å²) >= 11 is 7.15. The Hall–Kier alpha value is -1.69. The predicted molar refractivity (Wildman–Crippen MR) is 93.8 cm³/mol. The number of tetrazole rings is 1. The lowest BCUT2D eigenvalue weighted by atomic mass is 10.4. The summed E-state index contributed by atoms with van der Waals surface area (Å²) in [7, 11) is -1.93. The number of hydrogen-bond donors (Lipinski definition) is 2. The maximum absolute atomic E-state index is 12.1. The maximum atomic E-state index is 12.1. The second-order valence-corrected chi connectivity index (χ2v) is 8.15. The molecule has 0 spiro atoms. The Kier molecular flexibility index (Phi) is 7.17. The van der Waals surface area contributed by atoms with Crippen molar-refractivity contribution in [3.8, 4) is 0 Å². The molecule has 9 nitrogen and oxygen atoms in total. The van der Waals surface area contributed by atoms with Crippen LogP contribution in [0, 0.1) is 0 Å². The molecule has 2 N–H and O–H groups in total. The third kappa shape index (κ3) is 6.27. The van der Waals surface area contributed by atoms with Crippen molar-refractivity contribution in [3.05, 3.63) is 29.3 Å². The molecule has 1 aromatic heterocycles. The average molecular weight is 405 g/mol. The van der Waals surface area contributed by atoms with Gasteiger partial charge in [0.2, 0.25) is 21.1 Å². The first-order chi connectivity index (χ1) is 11.9. The van der Waals surface area contributed by atoms with Crippen molar-refractivity contribution in [2.24, 2.45) is 7.05 Å². The number of carbonyl (C=O) groups is 1. The van der Waals surface area contributed by atoms with Crippen molar-refractivity contribution in [1.82, 2.24) is 30.2 Å². The lowest BCUT2D eigenvalue weighted by Crippen LogP contribution is -2.34. The highest BCUT2D eigenvalue weighted by molar-refractivity contribution is 7.99. The molecule has 12 heteroatoms. The molecule has 0 bridgehead atoms. The maximum Gasteiger partial charge on any atom is 0.240 e. The van der Waals surface area contributed by atoms with E-state index in [-0.39, 0.29) is 30.3 Å². The highest BCUT2D eigenvalue weighted by atomic mass is 35.5. The number of thioether (sulfide) groups is 1. The molecule has 25 heavy (non-hydrogen) atoms. The standard InChI is InChI=1S/C13H17ClN6O3S2/c1-20-13(17-18-19-20)24-8-5-12(21)15-6-7-16-25(22,23)11-4-2-3-10(14)9-11/h2-4,9,16H,5-8H2,1H3,(H,15,21). The van der Waals surface area contributed by atoms with Gasteiger partial charge in [0.05, 0.1) is 4.90 Å². The number of sulfonamides is 1. The topological polar surface area (TPSA) is 119 Å². The van der Waals surface area contributed by atoms with Crippen molar-refractivity contribution in [2.45, 2.75) is 16.5 Å². The van der Waals surface area contributed by atoms with Gasteiger partial charge < -0.3 is 5.32 Å². The average Bonchev–Trinajstić information content (AvgIpc) is 2.97. The normalized spacial score (nSPS) is 11.4. The van der Waals surface area contributed by atoms with Crippen molar-refractivity contribution in [3.63, 3.8) is 0 Å². The molecule has 0 saturated carbocycles. The van der Waals surface area contributed by atoms with Crippen LogP contribution in [-0.2, 0) is 21.9 Å². The lowest BCUT2D eigenvalue weighted by Gasteiger charge is -2.08. The summed E-state index contributed by atoms with van der Waals surface area (Å²) in [5.41, 5.74) is 0. The smallest absolute Gasteiger partial charge is 0.240 e. The number of aryl methyl sites for hydroxylation is 1. The molecule has 1 heterocycles. The first kappa shape index (κ1) is 19.6. The zero-order chi connectivity index (χ0) is 18.3. The van der Waals surface area contributed by atoms with Crippen LogP contribution in [0.15, 0.2) is 34.3 Å². The van der Waals surface area contributed by atoms with Gasteiger partial charge in [-0.2, -0.15) is 0 Å². The zero-order valence-electron chi connectivity index (χ0n) is 13.3. The SMILES string of the molecule is Cn1nnnc1SCCC(=O)NCCNS(=O)(=O)c1cccc(Cl)c1. The van der Waals surface area contributed by atoms with E-state index in [2.05, 4.69) is 25.6 Å². The fourth-order valence-electron chi connectivity index (χ4n) is 1.77. The lowest BCUT2D eigenvalue weighted by molar-refractivity contribution is -0.120. The third-order valence-corrected chi connectivity index (χ3v) is 5.69. The molecular formula is C13H17ClN6O3S2. The Balaban J connectivity index is 1.66. The summed E-state index contributed by atoms with van der Waals surface area (Å²) in [4.78, 5) is 11.8. The summed E-state index contributed by atoms with van der Waals surface area (Å²) in [5.74, 6) is 0.346. The number of rotatable bonds is 9. The van der Waals surface area contributed by atoms with E-state index in [0.717, 1.165) is 0 Å². The largest absolute Gasteiger partial charge is 0.355 e. The molecule has 2 rings (SSSR count). The summed E-state index contributed by atoms with van der Waals surface area (Å²) < 4.78 is 28.0. The van der Waals surface area contributed by atoms with E-state index >= 15 is 0 Å². The number of nitrogens with one attached hydrogen (secondary N) is 2. The molecular weight excluding hydrogens is 388 g/mol. The summed E-state index contributed by atoms with van der Waals surface area (Å²) in [5, 5.41) is 14.6. The summed E-state index contributed by atoms with van der Waals surface area (Å²) in [6.07, 6.45) is 0.276. The highest BCUT2D eigenvalue weighted by Crippen LogP contribution is 2.15. The Bertz CT molecular complexity index is 827. The molecule has 136 valence electrons. The van der Waals surface area contributed by atoms with Crippen LogP contribution in [0.25, 0.3) is 0 Å². The summed E-state index contributed by atoms with van der Waals surface area (Å²) in [6.45, 7) is 0.274. The number of carbonyl (C=O) groups excluding carboxylic acids is 1. The van der Waals surface area contributed by atoms with Crippen LogP contribution >= 0.6 is 23.4 Å². The van der Waals surface area contributed by atoms with Gasteiger partial charge in [0.15, 0.2) is 0 Å². The van der Waals surface area contributed by atoms with Crippen molar-refractivity contribution < 1.29 is 13.2 Å². The van der Waals surface area contributed by atoms with Crippen molar-refractivity contribution >= 4 is 39.3 Å².